The van der Waals surface area contributed by atoms with E-state index < -0.39 is 68.3 Å². The molecule has 1 rings (SSSR count). The topological polar surface area (TPSA) is 192 Å². The number of ether oxygens (including phenoxy) is 2. The molecule has 9 atom stereocenters. The van der Waals surface area contributed by atoms with Gasteiger partial charge in [0.15, 0.2) is 6.29 Å². The summed E-state index contributed by atoms with van der Waals surface area (Å²) in [5.41, 5.74) is 0. The summed E-state index contributed by atoms with van der Waals surface area (Å²) in [5.74, 6) is 0. The minimum absolute atomic E-state index is 0.00524. The predicted octanol–water partition coefficient (Wildman–Crippen LogP) is -1.24. The Kier molecular flexibility index (Phi) is 17.5. The van der Waals surface area contributed by atoms with Gasteiger partial charge in [-0.3, -0.25) is 0 Å². The van der Waals surface area contributed by atoms with E-state index in [4.69, 9.17) is 9.47 Å². The SMILES string of the molecule is CCCCCCCCCCCCNCC(O)C(O)C(OC1OC(CO)C(O)C(O)C1O)C(O)CO. The van der Waals surface area contributed by atoms with Gasteiger partial charge in [-0.1, -0.05) is 64.7 Å². The lowest BCUT2D eigenvalue weighted by atomic mass is 9.98. The second-order valence-electron chi connectivity index (χ2n) is 9.49. The van der Waals surface area contributed by atoms with E-state index in [2.05, 4.69) is 12.2 Å². The van der Waals surface area contributed by atoms with E-state index >= 15 is 0 Å². The molecule has 9 unspecified atom stereocenters. The smallest absolute Gasteiger partial charge is 0.187 e. The van der Waals surface area contributed by atoms with E-state index in [0.717, 1.165) is 19.3 Å². The van der Waals surface area contributed by atoms with Crippen LogP contribution in [0.3, 0.4) is 0 Å². The zero-order chi connectivity index (χ0) is 26.2. The molecule has 35 heavy (non-hydrogen) atoms. The molecule has 1 heterocycles. The van der Waals surface area contributed by atoms with Crippen LogP contribution in [0.4, 0.5) is 0 Å². The second kappa shape index (κ2) is 18.8. The highest BCUT2D eigenvalue weighted by molar-refractivity contribution is 4.91. The molecule has 0 aromatic carbocycles. The normalized spacial score (nSPS) is 28.5. The summed E-state index contributed by atoms with van der Waals surface area (Å²) in [7, 11) is 0. The molecule has 11 heteroatoms. The van der Waals surface area contributed by atoms with Crippen molar-refractivity contribution < 1.29 is 50.3 Å². The zero-order valence-electron chi connectivity index (χ0n) is 21.0. The lowest BCUT2D eigenvalue weighted by molar-refractivity contribution is -0.327. The first-order valence-corrected chi connectivity index (χ1v) is 13.1. The number of aliphatic hydroxyl groups excluding tert-OH is 8. The molecule has 1 fully saturated rings. The number of hydrogen-bond donors (Lipinski definition) is 9. The number of aliphatic hydroxyl groups is 8. The van der Waals surface area contributed by atoms with Crippen molar-refractivity contribution in [2.45, 2.75) is 126 Å². The van der Waals surface area contributed by atoms with E-state index in [1.807, 2.05) is 0 Å². The average molecular weight is 512 g/mol. The van der Waals surface area contributed by atoms with E-state index in [0.29, 0.717) is 6.54 Å². The summed E-state index contributed by atoms with van der Waals surface area (Å²) in [6.45, 7) is 1.37. The fourth-order valence-corrected chi connectivity index (χ4v) is 4.16. The van der Waals surface area contributed by atoms with Crippen molar-refractivity contribution in [2.75, 3.05) is 26.3 Å². The molecule has 11 nitrogen and oxygen atoms in total. The molecule has 0 saturated carbocycles. The summed E-state index contributed by atoms with van der Waals surface area (Å²) in [5, 5.41) is 82.6. The first kappa shape index (κ1) is 32.6. The van der Waals surface area contributed by atoms with Crippen LogP contribution in [0.2, 0.25) is 0 Å². The molecule has 0 spiro atoms. The molecular formula is C24H49NO10. The van der Waals surface area contributed by atoms with Gasteiger partial charge in [0.1, 0.15) is 42.7 Å². The Balaban J connectivity index is 2.38. The van der Waals surface area contributed by atoms with Gasteiger partial charge in [0.2, 0.25) is 0 Å². The van der Waals surface area contributed by atoms with Gasteiger partial charge in [0, 0.05) is 6.54 Å². The monoisotopic (exact) mass is 511 g/mol. The third kappa shape index (κ3) is 11.7. The summed E-state index contributed by atoms with van der Waals surface area (Å²) in [6.07, 6.45) is -2.07. The molecular weight excluding hydrogens is 462 g/mol. The van der Waals surface area contributed by atoms with Gasteiger partial charge in [-0.2, -0.15) is 0 Å². The maximum absolute atomic E-state index is 10.5. The van der Waals surface area contributed by atoms with Crippen molar-refractivity contribution in [2.24, 2.45) is 0 Å². The van der Waals surface area contributed by atoms with Gasteiger partial charge in [-0.05, 0) is 13.0 Å². The minimum Gasteiger partial charge on any atom is -0.394 e. The zero-order valence-corrected chi connectivity index (χ0v) is 21.0. The largest absolute Gasteiger partial charge is 0.394 e. The van der Waals surface area contributed by atoms with Gasteiger partial charge in [-0.15, -0.1) is 0 Å². The molecule has 0 aliphatic carbocycles. The van der Waals surface area contributed by atoms with Gasteiger partial charge < -0.3 is 55.6 Å². The second-order valence-corrected chi connectivity index (χ2v) is 9.49. The summed E-state index contributed by atoms with van der Waals surface area (Å²) < 4.78 is 10.6. The molecule has 1 aliphatic heterocycles. The Morgan fingerprint density at radius 2 is 1.34 bits per heavy atom. The fraction of sp³-hybridized carbons (Fsp3) is 1.00. The first-order valence-electron chi connectivity index (χ1n) is 13.1. The van der Waals surface area contributed by atoms with Crippen LogP contribution < -0.4 is 5.32 Å². The number of unbranched alkanes of at least 4 members (excludes halogenated alkanes) is 9. The van der Waals surface area contributed by atoms with Gasteiger partial charge in [0.25, 0.3) is 0 Å². The van der Waals surface area contributed by atoms with Crippen molar-refractivity contribution in [1.82, 2.24) is 5.32 Å². The summed E-state index contributed by atoms with van der Waals surface area (Å²) in [4.78, 5) is 0. The molecule has 0 aromatic rings. The van der Waals surface area contributed by atoms with Crippen molar-refractivity contribution >= 4 is 0 Å². The average Bonchev–Trinajstić information content (AvgIpc) is 2.86. The maximum atomic E-state index is 10.5. The highest BCUT2D eigenvalue weighted by atomic mass is 16.7. The van der Waals surface area contributed by atoms with Crippen molar-refractivity contribution in [1.29, 1.82) is 0 Å². The molecule has 0 bridgehead atoms. The summed E-state index contributed by atoms with van der Waals surface area (Å²) in [6, 6.07) is 0. The van der Waals surface area contributed by atoms with Crippen LogP contribution in [0.1, 0.15) is 71.1 Å². The number of nitrogens with one attached hydrogen (secondary N) is 1. The van der Waals surface area contributed by atoms with Crippen LogP contribution in [0.5, 0.6) is 0 Å². The van der Waals surface area contributed by atoms with Crippen molar-refractivity contribution in [3.63, 3.8) is 0 Å². The lowest BCUT2D eigenvalue weighted by Crippen LogP contribution is -2.61. The van der Waals surface area contributed by atoms with Crippen LogP contribution in [0.15, 0.2) is 0 Å². The Morgan fingerprint density at radius 1 is 0.771 bits per heavy atom. The molecule has 1 saturated heterocycles. The molecule has 0 radical (unpaired) electrons. The fourth-order valence-electron chi connectivity index (χ4n) is 4.16. The Labute approximate surface area is 208 Å². The molecule has 1 aliphatic rings. The third-order valence-electron chi connectivity index (χ3n) is 6.50. The van der Waals surface area contributed by atoms with E-state index in [-0.39, 0.29) is 6.54 Å². The Bertz CT molecular complexity index is 515. The lowest BCUT2D eigenvalue weighted by Gasteiger charge is -2.42. The van der Waals surface area contributed by atoms with E-state index in [9.17, 15) is 40.9 Å². The van der Waals surface area contributed by atoms with E-state index in [1.165, 1.54) is 44.9 Å². The van der Waals surface area contributed by atoms with Crippen LogP contribution in [0.25, 0.3) is 0 Å². The Morgan fingerprint density at radius 3 is 1.89 bits per heavy atom. The van der Waals surface area contributed by atoms with Crippen molar-refractivity contribution in [3.05, 3.63) is 0 Å². The number of rotatable bonds is 20. The maximum Gasteiger partial charge on any atom is 0.187 e. The third-order valence-corrected chi connectivity index (χ3v) is 6.50. The van der Waals surface area contributed by atoms with Gasteiger partial charge in [0.05, 0.1) is 19.3 Å². The van der Waals surface area contributed by atoms with Crippen molar-refractivity contribution in [3.8, 4) is 0 Å². The van der Waals surface area contributed by atoms with Gasteiger partial charge >= 0.3 is 0 Å². The van der Waals surface area contributed by atoms with Crippen LogP contribution in [0, 0.1) is 0 Å². The predicted molar refractivity (Wildman–Crippen MR) is 128 cm³/mol. The molecule has 0 aromatic heterocycles. The van der Waals surface area contributed by atoms with Crippen LogP contribution >= 0.6 is 0 Å². The van der Waals surface area contributed by atoms with Gasteiger partial charge in [-0.25, -0.2) is 0 Å². The summed E-state index contributed by atoms with van der Waals surface area (Å²) >= 11 is 0. The molecule has 0 amide bonds. The van der Waals surface area contributed by atoms with Crippen LogP contribution in [-0.4, -0.2) is 122 Å². The minimum atomic E-state index is -1.75. The molecule has 9 N–H and O–H groups in total. The number of hydrogen-bond acceptors (Lipinski definition) is 11. The first-order chi connectivity index (χ1) is 16.8. The highest BCUT2D eigenvalue weighted by Crippen LogP contribution is 2.25. The highest BCUT2D eigenvalue weighted by Gasteiger charge is 2.46. The Hall–Kier alpha value is -0.440. The van der Waals surface area contributed by atoms with Crippen LogP contribution in [-0.2, 0) is 9.47 Å². The standard InChI is InChI=1S/C24H49NO10/c1-2-3-4-5-6-7-8-9-10-11-12-25-13-16(28)19(30)23(17(29)14-26)35-24-22(33)21(32)20(31)18(15-27)34-24/h16-33H,2-15H2,1H3. The quantitative estimate of drug-likeness (QED) is 0.0888. The molecule has 210 valence electrons. The van der Waals surface area contributed by atoms with E-state index in [1.54, 1.807) is 0 Å².